The van der Waals surface area contributed by atoms with E-state index < -0.39 is 0 Å². The molecule has 2 nitrogen and oxygen atoms in total. The second-order valence-electron chi connectivity index (χ2n) is 5.22. The third kappa shape index (κ3) is 7.41. The summed E-state index contributed by atoms with van der Waals surface area (Å²) in [5.74, 6) is 0. The molecule has 1 N–H and O–H groups in total. The van der Waals surface area contributed by atoms with Crippen LogP contribution in [-0.2, 0) is 17.9 Å². The lowest BCUT2D eigenvalue weighted by atomic mass is 10.1. The second-order valence-corrected chi connectivity index (χ2v) is 6.07. The molecule has 0 fully saturated rings. The van der Waals surface area contributed by atoms with Gasteiger partial charge in [0.05, 0.1) is 6.61 Å². The van der Waals surface area contributed by atoms with Gasteiger partial charge >= 0.3 is 0 Å². The van der Waals surface area contributed by atoms with Crippen molar-refractivity contribution in [1.82, 2.24) is 5.32 Å². The van der Waals surface area contributed by atoms with Crippen LogP contribution in [-0.4, -0.2) is 13.2 Å². The van der Waals surface area contributed by atoms with E-state index in [-0.39, 0.29) is 0 Å². The summed E-state index contributed by atoms with van der Waals surface area (Å²) in [6.45, 7) is 7.99. The Labute approximate surface area is 132 Å². The van der Waals surface area contributed by atoms with E-state index in [4.69, 9.17) is 4.74 Å². The molecule has 0 saturated carbocycles. The van der Waals surface area contributed by atoms with Gasteiger partial charge in [0.1, 0.15) is 0 Å². The predicted octanol–water partition coefficient (Wildman–Crippen LogP) is 5.05. The summed E-state index contributed by atoms with van der Waals surface area (Å²) < 4.78 is 6.89. The molecule has 0 bridgehead atoms. The highest BCUT2D eigenvalue weighted by Gasteiger charge is 2.02. The lowest BCUT2D eigenvalue weighted by Crippen LogP contribution is -2.13. The molecule has 1 aromatic rings. The highest BCUT2D eigenvalue weighted by atomic mass is 79.9. The third-order valence-electron chi connectivity index (χ3n) is 3.27. The van der Waals surface area contributed by atoms with Crippen molar-refractivity contribution in [3.05, 3.63) is 33.8 Å². The van der Waals surface area contributed by atoms with Gasteiger partial charge < -0.3 is 10.1 Å². The maximum atomic E-state index is 5.74. The Balaban J connectivity index is 2.28. The Morgan fingerprint density at radius 3 is 2.65 bits per heavy atom. The van der Waals surface area contributed by atoms with Crippen molar-refractivity contribution < 1.29 is 4.74 Å². The Kier molecular flexibility index (Phi) is 9.98. The summed E-state index contributed by atoms with van der Waals surface area (Å²) >= 11 is 3.64. The molecule has 0 heterocycles. The van der Waals surface area contributed by atoms with Crippen molar-refractivity contribution in [2.24, 2.45) is 0 Å². The van der Waals surface area contributed by atoms with Crippen molar-refractivity contribution in [1.29, 1.82) is 0 Å². The number of benzene rings is 1. The zero-order valence-corrected chi connectivity index (χ0v) is 14.5. The average molecular weight is 342 g/mol. The number of hydrogen-bond acceptors (Lipinski definition) is 2. The van der Waals surface area contributed by atoms with Crippen LogP contribution in [0.25, 0.3) is 0 Å². The minimum atomic E-state index is 0.704. The van der Waals surface area contributed by atoms with Crippen molar-refractivity contribution in [3.63, 3.8) is 0 Å². The molecular weight excluding hydrogens is 314 g/mol. The first kappa shape index (κ1) is 17.7. The lowest BCUT2D eigenvalue weighted by Gasteiger charge is -2.09. The van der Waals surface area contributed by atoms with Gasteiger partial charge in [-0.25, -0.2) is 0 Å². The zero-order valence-electron chi connectivity index (χ0n) is 12.9. The van der Waals surface area contributed by atoms with Crippen LogP contribution in [0, 0.1) is 0 Å². The molecular formula is C17H28BrNO. The minimum absolute atomic E-state index is 0.704. The number of ether oxygens (including phenoxy) is 1. The highest BCUT2D eigenvalue weighted by molar-refractivity contribution is 9.10. The first-order valence-electron chi connectivity index (χ1n) is 7.83. The highest BCUT2D eigenvalue weighted by Crippen LogP contribution is 2.19. The molecule has 0 aliphatic carbocycles. The molecule has 0 radical (unpaired) electrons. The van der Waals surface area contributed by atoms with Crippen LogP contribution in [0.15, 0.2) is 22.7 Å². The molecule has 1 rings (SSSR count). The topological polar surface area (TPSA) is 21.3 Å². The smallest absolute Gasteiger partial charge is 0.0727 e. The number of halogens is 1. The maximum absolute atomic E-state index is 5.74. The van der Waals surface area contributed by atoms with Gasteiger partial charge in [-0.15, -0.1) is 0 Å². The van der Waals surface area contributed by atoms with E-state index in [9.17, 15) is 0 Å². The van der Waals surface area contributed by atoms with Crippen LogP contribution in [0.2, 0.25) is 0 Å². The molecule has 0 unspecified atom stereocenters. The van der Waals surface area contributed by atoms with Gasteiger partial charge in [0, 0.05) is 17.6 Å². The van der Waals surface area contributed by atoms with Crippen LogP contribution >= 0.6 is 15.9 Å². The number of hydrogen-bond donors (Lipinski definition) is 1. The van der Waals surface area contributed by atoms with E-state index in [1.54, 1.807) is 0 Å². The van der Waals surface area contributed by atoms with Gasteiger partial charge in [0.25, 0.3) is 0 Å². The molecule has 0 aliphatic heterocycles. The van der Waals surface area contributed by atoms with E-state index >= 15 is 0 Å². The molecule has 0 spiro atoms. The van der Waals surface area contributed by atoms with E-state index in [2.05, 4.69) is 53.3 Å². The molecule has 0 saturated heterocycles. The molecule has 0 atom stereocenters. The second kappa shape index (κ2) is 11.3. The van der Waals surface area contributed by atoms with Crippen molar-refractivity contribution in [3.8, 4) is 0 Å². The SMILES string of the molecule is CCCCCCOCc1ccc(CNCCC)cc1Br. The first-order chi connectivity index (χ1) is 9.77. The zero-order chi connectivity index (χ0) is 14.6. The van der Waals surface area contributed by atoms with Crippen LogP contribution in [0.1, 0.15) is 57.1 Å². The predicted molar refractivity (Wildman–Crippen MR) is 89.9 cm³/mol. The average Bonchev–Trinajstić information content (AvgIpc) is 2.45. The van der Waals surface area contributed by atoms with Crippen LogP contribution in [0.4, 0.5) is 0 Å². The van der Waals surface area contributed by atoms with Crippen LogP contribution < -0.4 is 5.32 Å². The normalized spacial score (nSPS) is 10.9. The van der Waals surface area contributed by atoms with Gasteiger partial charge in [-0.05, 0) is 36.6 Å². The van der Waals surface area contributed by atoms with Gasteiger partial charge in [-0.2, -0.15) is 0 Å². The number of nitrogens with one attached hydrogen (secondary N) is 1. The van der Waals surface area contributed by atoms with Crippen LogP contribution in [0.5, 0.6) is 0 Å². The van der Waals surface area contributed by atoms with E-state index in [0.29, 0.717) is 6.61 Å². The molecule has 0 aliphatic rings. The Bertz CT molecular complexity index is 368. The quantitative estimate of drug-likeness (QED) is 0.569. The summed E-state index contributed by atoms with van der Waals surface area (Å²) in [7, 11) is 0. The number of unbranched alkanes of at least 4 members (excludes halogenated alkanes) is 3. The Morgan fingerprint density at radius 2 is 1.95 bits per heavy atom. The third-order valence-corrected chi connectivity index (χ3v) is 4.01. The van der Waals surface area contributed by atoms with Crippen molar-refractivity contribution in [2.75, 3.05) is 13.2 Å². The summed E-state index contributed by atoms with van der Waals surface area (Å²) in [6.07, 6.45) is 6.21. The fourth-order valence-corrected chi connectivity index (χ4v) is 2.58. The molecule has 0 amide bonds. The maximum Gasteiger partial charge on any atom is 0.0727 e. The first-order valence-corrected chi connectivity index (χ1v) is 8.63. The summed E-state index contributed by atoms with van der Waals surface area (Å²) in [5.41, 5.74) is 2.55. The summed E-state index contributed by atoms with van der Waals surface area (Å²) in [5, 5.41) is 3.42. The van der Waals surface area contributed by atoms with Gasteiger partial charge in [-0.1, -0.05) is 61.2 Å². The minimum Gasteiger partial charge on any atom is -0.377 e. The Hall–Kier alpha value is -0.380. The van der Waals surface area contributed by atoms with Crippen LogP contribution in [0.3, 0.4) is 0 Å². The molecule has 20 heavy (non-hydrogen) atoms. The van der Waals surface area contributed by atoms with E-state index in [1.807, 2.05) is 0 Å². The molecule has 3 heteroatoms. The lowest BCUT2D eigenvalue weighted by molar-refractivity contribution is 0.116. The van der Waals surface area contributed by atoms with Gasteiger partial charge in [0.15, 0.2) is 0 Å². The monoisotopic (exact) mass is 341 g/mol. The Morgan fingerprint density at radius 1 is 1.10 bits per heavy atom. The van der Waals surface area contributed by atoms with Gasteiger partial charge in [0.2, 0.25) is 0 Å². The van der Waals surface area contributed by atoms with Crippen molar-refractivity contribution >= 4 is 15.9 Å². The summed E-state index contributed by atoms with van der Waals surface area (Å²) in [4.78, 5) is 0. The molecule has 1 aromatic carbocycles. The largest absolute Gasteiger partial charge is 0.377 e. The fourth-order valence-electron chi connectivity index (χ4n) is 2.04. The summed E-state index contributed by atoms with van der Waals surface area (Å²) in [6, 6.07) is 6.54. The molecule has 0 aromatic heterocycles. The standard InChI is InChI=1S/C17H28BrNO/c1-3-5-6-7-11-20-14-16-9-8-15(12-17(16)18)13-19-10-4-2/h8-9,12,19H,3-7,10-11,13-14H2,1-2H3. The fraction of sp³-hybridized carbons (Fsp3) is 0.647. The molecule has 114 valence electrons. The van der Waals surface area contributed by atoms with E-state index in [0.717, 1.165) is 24.2 Å². The van der Waals surface area contributed by atoms with Gasteiger partial charge in [-0.3, -0.25) is 0 Å². The number of rotatable bonds is 11. The van der Waals surface area contributed by atoms with Crippen molar-refractivity contribution in [2.45, 2.75) is 59.1 Å². The van der Waals surface area contributed by atoms with E-state index in [1.165, 1.54) is 43.2 Å².